The fourth-order valence-corrected chi connectivity index (χ4v) is 4.56. The Morgan fingerprint density at radius 2 is 1.90 bits per heavy atom. The standard InChI is InChI=1S/C14H15Cl3N2OS/c1-8(15)14-18-12-6-10(16)11(17)7-13(12)19(14)9-2-4-21(20)5-3-9/h6-9H,2-5H2,1H3. The van der Waals surface area contributed by atoms with Crippen LogP contribution in [0, 0.1) is 0 Å². The Morgan fingerprint density at radius 1 is 1.29 bits per heavy atom. The van der Waals surface area contributed by atoms with E-state index < -0.39 is 10.8 Å². The van der Waals surface area contributed by atoms with Crippen molar-refractivity contribution in [3.05, 3.63) is 28.0 Å². The second-order valence-electron chi connectivity index (χ2n) is 5.29. The lowest BCUT2D eigenvalue weighted by molar-refractivity contribution is 0.457. The maximum absolute atomic E-state index is 11.6. The summed E-state index contributed by atoms with van der Waals surface area (Å²) in [6, 6.07) is 3.89. The quantitative estimate of drug-likeness (QED) is 0.721. The molecular formula is C14H15Cl3N2OS. The van der Waals surface area contributed by atoms with Crippen molar-refractivity contribution in [1.29, 1.82) is 0 Å². The van der Waals surface area contributed by atoms with Gasteiger partial charge in [0.1, 0.15) is 5.82 Å². The summed E-state index contributed by atoms with van der Waals surface area (Å²) in [4.78, 5) is 4.62. The van der Waals surface area contributed by atoms with E-state index in [0.29, 0.717) is 10.0 Å². The van der Waals surface area contributed by atoms with E-state index in [2.05, 4.69) is 9.55 Å². The number of nitrogens with zero attached hydrogens (tertiary/aromatic N) is 2. The molecule has 1 aliphatic rings. The third-order valence-electron chi connectivity index (χ3n) is 3.84. The van der Waals surface area contributed by atoms with Gasteiger partial charge in [0.2, 0.25) is 0 Å². The van der Waals surface area contributed by atoms with Gasteiger partial charge in [0.15, 0.2) is 0 Å². The number of rotatable bonds is 2. The third kappa shape index (κ3) is 2.96. The Hall–Kier alpha value is -0.290. The Balaban J connectivity index is 2.16. The van der Waals surface area contributed by atoms with Crippen molar-refractivity contribution < 1.29 is 4.21 Å². The van der Waals surface area contributed by atoms with Crippen LogP contribution in [0.5, 0.6) is 0 Å². The molecule has 0 spiro atoms. The smallest absolute Gasteiger partial charge is 0.127 e. The summed E-state index contributed by atoms with van der Waals surface area (Å²) < 4.78 is 13.7. The van der Waals surface area contributed by atoms with Crippen molar-refractivity contribution in [1.82, 2.24) is 9.55 Å². The van der Waals surface area contributed by atoms with Crippen LogP contribution >= 0.6 is 34.8 Å². The summed E-state index contributed by atoms with van der Waals surface area (Å²) in [6.07, 6.45) is 1.74. The Kier molecular flexibility index (Phi) is 4.51. The first-order valence-electron chi connectivity index (χ1n) is 6.83. The van der Waals surface area contributed by atoms with Gasteiger partial charge in [0, 0.05) is 28.3 Å². The van der Waals surface area contributed by atoms with Crippen LogP contribution in [-0.4, -0.2) is 25.3 Å². The minimum atomic E-state index is -0.696. The second kappa shape index (κ2) is 6.07. The molecule has 0 amide bonds. The summed E-state index contributed by atoms with van der Waals surface area (Å²) in [5, 5.41) is 0.799. The maximum Gasteiger partial charge on any atom is 0.127 e. The molecule has 1 saturated heterocycles. The van der Waals surface area contributed by atoms with Gasteiger partial charge in [0.25, 0.3) is 0 Å². The monoisotopic (exact) mass is 364 g/mol. The van der Waals surface area contributed by atoms with Crippen LogP contribution in [0.25, 0.3) is 11.0 Å². The highest BCUT2D eigenvalue weighted by atomic mass is 35.5. The highest BCUT2D eigenvalue weighted by Gasteiger charge is 2.26. The predicted octanol–water partition coefficient (Wildman–Crippen LogP) is 4.73. The number of fused-ring (bicyclic) bond motifs is 1. The van der Waals surface area contributed by atoms with Crippen molar-refractivity contribution in [2.45, 2.75) is 31.2 Å². The molecule has 114 valence electrons. The Morgan fingerprint density at radius 3 is 2.52 bits per heavy atom. The highest BCUT2D eigenvalue weighted by molar-refractivity contribution is 7.85. The summed E-state index contributed by atoms with van der Waals surface area (Å²) in [7, 11) is -0.696. The lowest BCUT2D eigenvalue weighted by Gasteiger charge is -2.26. The molecule has 1 fully saturated rings. The minimum absolute atomic E-state index is 0.206. The van der Waals surface area contributed by atoms with Gasteiger partial charge in [-0.3, -0.25) is 4.21 Å². The van der Waals surface area contributed by atoms with E-state index >= 15 is 0 Å². The number of halogens is 3. The molecular weight excluding hydrogens is 351 g/mol. The number of aromatic nitrogens is 2. The largest absolute Gasteiger partial charge is 0.324 e. The fourth-order valence-electron chi connectivity index (χ4n) is 2.81. The zero-order valence-electron chi connectivity index (χ0n) is 11.5. The van der Waals surface area contributed by atoms with Gasteiger partial charge in [0.05, 0.1) is 26.5 Å². The molecule has 3 nitrogen and oxygen atoms in total. The molecule has 1 atom stereocenters. The van der Waals surface area contributed by atoms with Gasteiger partial charge in [-0.15, -0.1) is 11.6 Å². The molecule has 1 aliphatic heterocycles. The first-order valence-corrected chi connectivity index (χ1v) is 9.51. The molecule has 3 rings (SSSR count). The maximum atomic E-state index is 11.6. The van der Waals surface area contributed by atoms with E-state index in [-0.39, 0.29) is 11.4 Å². The summed E-state index contributed by atoms with van der Waals surface area (Å²) in [5.74, 6) is 2.27. The number of alkyl halides is 1. The van der Waals surface area contributed by atoms with E-state index in [9.17, 15) is 4.21 Å². The zero-order chi connectivity index (χ0) is 15.1. The Bertz CT molecular complexity index is 704. The molecule has 2 aromatic rings. The number of imidazole rings is 1. The van der Waals surface area contributed by atoms with E-state index in [0.717, 1.165) is 41.2 Å². The topological polar surface area (TPSA) is 34.9 Å². The third-order valence-corrected chi connectivity index (χ3v) is 6.14. The van der Waals surface area contributed by atoms with E-state index in [4.69, 9.17) is 34.8 Å². The van der Waals surface area contributed by atoms with Crippen LogP contribution in [0.1, 0.15) is 37.0 Å². The summed E-state index contributed by atoms with van der Waals surface area (Å²) in [5.41, 5.74) is 1.75. The van der Waals surface area contributed by atoms with E-state index in [1.807, 2.05) is 13.0 Å². The molecule has 0 saturated carbocycles. The molecule has 21 heavy (non-hydrogen) atoms. The molecule has 2 heterocycles. The van der Waals surface area contributed by atoms with Crippen LogP contribution in [-0.2, 0) is 10.8 Å². The minimum Gasteiger partial charge on any atom is -0.324 e. The molecule has 7 heteroatoms. The number of benzene rings is 1. The van der Waals surface area contributed by atoms with Crippen molar-refractivity contribution in [2.75, 3.05) is 11.5 Å². The van der Waals surface area contributed by atoms with Crippen molar-refractivity contribution in [3.8, 4) is 0 Å². The van der Waals surface area contributed by atoms with E-state index in [1.54, 1.807) is 6.07 Å². The molecule has 1 aromatic heterocycles. The van der Waals surface area contributed by atoms with Crippen molar-refractivity contribution in [2.24, 2.45) is 0 Å². The van der Waals surface area contributed by atoms with Crippen LogP contribution in [0.15, 0.2) is 12.1 Å². The lowest BCUT2D eigenvalue weighted by Crippen LogP contribution is -2.23. The van der Waals surface area contributed by atoms with Crippen LogP contribution in [0.3, 0.4) is 0 Å². The highest BCUT2D eigenvalue weighted by Crippen LogP contribution is 2.35. The molecule has 0 bridgehead atoms. The average Bonchev–Trinajstić information content (AvgIpc) is 2.79. The number of hydrogen-bond acceptors (Lipinski definition) is 2. The van der Waals surface area contributed by atoms with Crippen molar-refractivity contribution >= 4 is 56.6 Å². The normalized spacial score (nSPS) is 24.4. The average molecular weight is 366 g/mol. The van der Waals surface area contributed by atoms with Gasteiger partial charge in [-0.1, -0.05) is 23.2 Å². The van der Waals surface area contributed by atoms with Gasteiger partial charge >= 0.3 is 0 Å². The SMILES string of the molecule is CC(Cl)c1nc2cc(Cl)c(Cl)cc2n1C1CCS(=O)CC1. The fraction of sp³-hybridized carbons (Fsp3) is 0.500. The summed E-state index contributed by atoms with van der Waals surface area (Å²) in [6.45, 7) is 1.91. The molecule has 1 unspecified atom stereocenters. The molecule has 1 aromatic carbocycles. The molecule has 0 N–H and O–H groups in total. The molecule has 0 aliphatic carbocycles. The van der Waals surface area contributed by atoms with Crippen LogP contribution < -0.4 is 0 Å². The van der Waals surface area contributed by atoms with Gasteiger partial charge in [-0.25, -0.2) is 4.98 Å². The second-order valence-corrected chi connectivity index (χ2v) is 8.46. The zero-order valence-corrected chi connectivity index (χ0v) is 14.6. The first kappa shape index (κ1) is 15.6. The molecule has 0 radical (unpaired) electrons. The number of hydrogen-bond donors (Lipinski definition) is 0. The van der Waals surface area contributed by atoms with Crippen LogP contribution in [0.4, 0.5) is 0 Å². The lowest BCUT2D eigenvalue weighted by atomic mass is 10.1. The van der Waals surface area contributed by atoms with E-state index in [1.165, 1.54) is 0 Å². The van der Waals surface area contributed by atoms with Gasteiger partial charge in [-0.05, 0) is 31.9 Å². The van der Waals surface area contributed by atoms with Gasteiger partial charge < -0.3 is 4.57 Å². The van der Waals surface area contributed by atoms with Crippen molar-refractivity contribution in [3.63, 3.8) is 0 Å². The predicted molar refractivity (Wildman–Crippen MR) is 90.2 cm³/mol. The first-order chi connectivity index (χ1) is 9.97. The van der Waals surface area contributed by atoms with Crippen LogP contribution in [0.2, 0.25) is 10.0 Å². The Labute approximate surface area is 141 Å². The summed E-state index contributed by atoms with van der Waals surface area (Å²) >= 11 is 18.5. The van der Waals surface area contributed by atoms with Gasteiger partial charge in [-0.2, -0.15) is 0 Å².